The van der Waals surface area contributed by atoms with Crippen molar-refractivity contribution in [3.63, 3.8) is 0 Å². The Morgan fingerprint density at radius 3 is 2.35 bits per heavy atom. The summed E-state index contributed by atoms with van der Waals surface area (Å²) < 4.78 is 5.74. The van der Waals surface area contributed by atoms with Crippen molar-refractivity contribution in [1.29, 1.82) is 0 Å². The van der Waals surface area contributed by atoms with Crippen LogP contribution in [0.25, 0.3) is 0 Å². The lowest BCUT2D eigenvalue weighted by molar-refractivity contribution is 0.0162. The van der Waals surface area contributed by atoms with Crippen molar-refractivity contribution >= 4 is 0 Å². The minimum Gasteiger partial charge on any atom is -0.377 e. The number of hydrogen-bond acceptors (Lipinski definition) is 2. The quantitative estimate of drug-likeness (QED) is 0.794. The van der Waals surface area contributed by atoms with Gasteiger partial charge in [0.2, 0.25) is 0 Å². The molecule has 1 atom stereocenters. The molecule has 2 aliphatic rings. The lowest BCUT2D eigenvalue weighted by Gasteiger charge is -2.29. The van der Waals surface area contributed by atoms with Gasteiger partial charge in [-0.15, -0.1) is 0 Å². The predicted molar refractivity (Wildman–Crippen MR) is 72.2 cm³/mol. The molecule has 17 heavy (non-hydrogen) atoms. The third kappa shape index (κ3) is 4.59. The van der Waals surface area contributed by atoms with Crippen LogP contribution in [0, 0.1) is 11.8 Å². The molecule has 0 aromatic heterocycles. The van der Waals surface area contributed by atoms with E-state index in [2.05, 4.69) is 12.2 Å². The smallest absolute Gasteiger partial charge is 0.0699 e. The maximum atomic E-state index is 5.74. The largest absolute Gasteiger partial charge is 0.377 e. The second-order valence-electron chi connectivity index (χ2n) is 5.94. The maximum absolute atomic E-state index is 5.74. The van der Waals surface area contributed by atoms with E-state index in [0.717, 1.165) is 25.0 Å². The molecule has 1 saturated carbocycles. The summed E-state index contributed by atoms with van der Waals surface area (Å²) in [6, 6.07) is 0. The molecule has 1 aliphatic heterocycles. The van der Waals surface area contributed by atoms with Crippen molar-refractivity contribution in [2.45, 2.75) is 64.4 Å². The number of rotatable bonds is 5. The summed E-state index contributed by atoms with van der Waals surface area (Å²) in [4.78, 5) is 0. The summed E-state index contributed by atoms with van der Waals surface area (Å²) in [5.41, 5.74) is 0. The maximum Gasteiger partial charge on any atom is 0.0699 e. The molecule has 1 heterocycles. The van der Waals surface area contributed by atoms with Crippen LogP contribution in [0.1, 0.15) is 58.3 Å². The van der Waals surface area contributed by atoms with Gasteiger partial charge in [-0.1, -0.05) is 26.2 Å². The van der Waals surface area contributed by atoms with Crippen LogP contribution in [0.4, 0.5) is 0 Å². The van der Waals surface area contributed by atoms with Gasteiger partial charge in [0.15, 0.2) is 0 Å². The van der Waals surface area contributed by atoms with E-state index in [-0.39, 0.29) is 0 Å². The van der Waals surface area contributed by atoms with Crippen molar-refractivity contribution in [3.8, 4) is 0 Å². The van der Waals surface area contributed by atoms with Crippen molar-refractivity contribution in [2.24, 2.45) is 11.8 Å². The van der Waals surface area contributed by atoms with Gasteiger partial charge >= 0.3 is 0 Å². The molecule has 100 valence electrons. The molecule has 0 bridgehead atoms. The molecule has 2 nitrogen and oxygen atoms in total. The van der Waals surface area contributed by atoms with Gasteiger partial charge in [-0.25, -0.2) is 0 Å². The van der Waals surface area contributed by atoms with E-state index in [1.807, 2.05) is 0 Å². The molecule has 1 N–H and O–H groups in total. The molecule has 1 unspecified atom stereocenters. The normalized spacial score (nSPS) is 34.8. The average Bonchev–Trinajstić information content (AvgIpc) is 2.41. The Balaban J connectivity index is 1.53. The van der Waals surface area contributed by atoms with Crippen LogP contribution in [-0.2, 0) is 4.74 Å². The highest BCUT2D eigenvalue weighted by Crippen LogP contribution is 2.30. The molecular weight excluding hydrogens is 210 g/mol. The highest BCUT2D eigenvalue weighted by Gasteiger charge is 2.20. The molecule has 0 aromatic rings. The highest BCUT2D eigenvalue weighted by molar-refractivity contribution is 4.74. The van der Waals surface area contributed by atoms with Gasteiger partial charge in [0, 0.05) is 13.2 Å². The third-order valence-corrected chi connectivity index (χ3v) is 4.62. The van der Waals surface area contributed by atoms with E-state index in [9.17, 15) is 0 Å². The summed E-state index contributed by atoms with van der Waals surface area (Å²) in [7, 11) is 0. The lowest BCUT2D eigenvalue weighted by Crippen LogP contribution is -2.35. The first kappa shape index (κ1) is 13.4. The Hall–Kier alpha value is -0.0800. The Kier molecular flexibility index (Phi) is 5.79. The van der Waals surface area contributed by atoms with E-state index >= 15 is 0 Å². The van der Waals surface area contributed by atoms with Crippen LogP contribution in [0.5, 0.6) is 0 Å². The zero-order valence-electron chi connectivity index (χ0n) is 11.4. The SMILES string of the molecule is CCC1CCC(CNCC2CCCCO2)CC1. The summed E-state index contributed by atoms with van der Waals surface area (Å²) in [5.74, 6) is 1.95. The first-order valence-electron chi connectivity index (χ1n) is 7.70. The molecular formula is C15H29NO. The second kappa shape index (κ2) is 7.38. The molecule has 1 saturated heterocycles. The Morgan fingerprint density at radius 1 is 0.941 bits per heavy atom. The van der Waals surface area contributed by atoms with E-state index in [0.29, 0.717) is 6.10 Å². The van der Waals surface area contributed by atoms with Crippen LogP contribution >= 0.6 is 0 Å². The fourth-order valence-electron chi connectivity index (χ4n) is 3.26. The van der Waals surface area contributed by atoms with Gasteiger partial charge in [0.05, 0.1) is 6.10 Å². The molecule has 0 radical (unpaired) electrons. The van der Waals surface area contributed by atoms with Crippen molar-refractivity contribution < 1.29 is 4.74 Å². The zero-order chi connectivity index (χ0) is 11.9. The summed E-state index contributed by atoms with van der Waals surface area (Å²) in [5, 5.41) is 3.63. The Bertz CT molecular complexity index is 193. The van der Waals surface area contributed by atoms with Crippen molar-refractivity contribution in [1.82, 2.24) is 5.32 Å². The van der Waals surface area contributed by atoms with Crippen LogP contribution in [0.2, 0.25) is 0 Å². The Morgan fingerprint density at radius 2 is 1.71 bits per heavy atom. The minimum absolute atomic E-state index is 0.496. The topological polar surface area (TPSA) is 21.3 Å². The third-order valence-electron chi connectivity index (χ3n) is 4.62. The molecule has 2 fully saturated rings. The number of nitrogens with one attached hydrogen (secondary N) is 1. The van der Waals surface area contributed by atoms with Gasteiger partial charge in [-0.05, 0) is 50.5 Å². The minimum atomic E-state index is 0.496. The van der Waals surface area contributed by atoms with Crippen LogP contribution in [0.15, 0.2) is 0 Å². The van der Waals surface area contributed by atoms with E-state index < -0.39 is 0 Å². The second-order valence-corrected chi connectivity index (χ2v) is 5.94. The fourth-order valence-corrected chi connectivity index (χ4v) is 3.26. The number of ether oxygens (including phenoxy) is 1. The predicted octanol–water partition coefficient (Wildman–Crippen LogP) is 3.36. The first-order chi connectivity index (χ1) is 8.38. The average molecular weight is 239 g/mol. The molecule has 0 amide bonds. The Labute approximate surface area is 107 Å². The standard InChI is InChI=1S/C15H29NO/c1-2-13-6-8-14(9-7-13)11-16-12-15-5-3-4-10-17-15/h13-16H,2-12H2,1H3. The summed E-state index contributed by atoms with van der Waals surface area (Å²) >= 11 is 0. The molecule has 0 aromatic carbocycles. The fraction of sp³-hybridized carbons (Fsp3) is 1.00. The van der Waals surface area contributed by atoms with Gasteiger partial charge in [-0.2, -0.15) is 0 Å². The van der Waals surface area contributed by atoms with Crippen molar-refractivity contribution in [3.05, 3.63) is 0 Å². The highest BCUT2D eigenvalue weighted by atomic mass is 16.5. The molecule has 1 aliphatic carbocycles. The van der Waals surface area contributed by atoms with Gasteiger partial charge in [-0.3, -0.25) is 0 Å². The van der Waals surface area contributed by atoms with Crippen LogP contribution in [0.3, 0.4) is 0 Å². The monoisotopic (exact) mass is 239 g/mol. The van der Waals surface area contributed by atoms with Crippen LogP contribution in [-0.4, -0.2) is 25.8 Å². The molecule has 2 heteroatoms. The van der Waals surface area contributed by atoms with E-state index in [4.69, 9.17) is 4.74 Å². The first-order valence-corrected chi connectivity index (χ1v) is 7.70. The zero-order valence-corrected chi connectivity index (χ0v) is 11.4. The molecule has 2 rings (SSSR count). The summed E-state index contributed by atoms with van der Waals surface area (Å²) in [6.45, 7) is 5.61. The van der Waals surface area contributed by atoms with E-state index in [1.165, 1.54) is 57.9 Å². The van der Waals surface area contributed by atoms with Gasteiger partial charge < -0.3 is 10.1 Å². The van der Waals surface area contributed by atoms with E-state index in [1.54, 1.807) is 0 Å². The van der Waals surface area contributed by atoms with Crippen molar-refractivity contribution in [2.75, 3.05) is 19.7 Å². The molecule has 0 spiro atoms. The van der Waals surface area contributed by atoms with Gasteiger partial charge in [0.1, 0.15) is 0 Å². The lowest BCUT2D eigenvalue weighted by atomic mass is 9.81. The van der Waals surface area contributed by atoms with Gasteiger partial charge in [0.25, 0.3) is 0 Å². The summed E-state index contributed by atoms with van der Waals surface area (Å²) in [6.07, 6.45) is 11.6. The number of hydrogen-bond donors (Lipinski definition) is 1. The van der Waals surface area contributed by atoms with Crippen LogP contribution < -0.4 is 5.32 Å².